The minimum absolute atomic E-state index is 0.235. The first-order valence-electron chi connectivity index (χ1n) is 7.12. The van der Waals surface area contributed by atoms with Gasteiger partial charge >= 0.3 is 0 Å². The van der Waals surface area contributed by atoms with E-state index in [1.54, 1.807) is 18.4 Å². The van der Waals surface area contributed by atoms with Gasteiger partial charge in [-0.15, -0.1) is 11.3 Å². The third kappa shape index (κ3) is 3.99. The topological polar surface area (TPSA) is 31.4 Å². The molecule has 0 fully saturated rings. The zero-order chi connectivity index (χ0) is 16.2. The van der Waals surface area contributed by atoms with Gasteiger partial charge in [-0.1, -0.05) is 18.2 Å². The summed E-state index contributed by atoms with van der Waals surface area (Å²) in [6.45, 7) is 2.32. The van der Waals surface area contributed by atoms with Gasteiger partial charge in [0, 0.05) is 7.11 Å². The van der Waals surface area contributed by atoms with Gasteiger partial charge in [-0.25, -0.2) is 4.98 Å². The van der Waals surface area contributed by atoms with Crippen LogP contribution in [-0.2, 0) is 4.74 Å². The highest BCUT2D eigenvalue weighted by Crippen LogP contribution is 2.28. The van der Waals surface area contributed by atoms with Crippen LogP contribution in [0.5, 0.6) is 5.75 Å². The fourth-order valence-electron chi connectivity index (χ4n) is 2.15. The molecule has 0 atom stereocenters. The van der Waals surface area contributed by atoms with Crippen LogP contribution in [0.15, 0.2) is 40.9 Å². The molecule has 0 spiro atoms. The first-order valence-corrected chi connectivity index (χ1v) is 8.73. The number of hydrogen-bond acceptors (Lipinski definition) is 4. The van der Waals surface area contributed by atoms with Crippen LogP contribution in [0.3, 0.4) is 0 Å². The zero-order valence-electron chi connectivity index (χ0n) is 12.9. The van der Waals surface area contributed by atoms with Gasteiger partial charge in [0.15, 0.2) is 6.79 Å². The second-order valence-corrected chi connectivity index (χ2v) is 7.01. The summed E-state index contributed by atoms with van der Waals surface area (Å²) in [4.78, 5) is 4.65. The SMILES string of the molecule is COCOc1ccc(/C=C/c2nc3cc(C)ccc3s2)cc1Br. The summed E-state index contributed by atoms with van der Waals surface area (Å²) in [5, 5.41) is 1.00. The van der Waals surface area contributed by atoms with Crippen LogP contribution in [0.4, 0.5) is 0 Å². The molecule has 1 aromatic heterocycles. The lowest BCUT2D eigenvalue weighted by molar-refractivity contribution is 0.0506. The van der Waals surface area contributed by atoms with Crippen LogP contribution < -0.4 is 4.74 Å². The summed E-state index contributed by atoms with van der Waals surface area (Å²) >= 11 is 5.21. The Morgan fingerprint density at radius 1 is 1.17 bits per heavy atom. The highest BCUT2D eigenvalue weighted by molar-refractivity contribution is 9.10. The fourth-order valence-corrected chi connectivity index (χ4v) is 3.52. The number of fused-ring (bicyclic) bond motifs is 1. The van der Waals surface area contributed by atoms with Gasteiger partial charge in [0.05, 0.1) is 14.7 Å². The molecule has 0 unspecified atom stereocenters. The minimum Gasteiger partial charge on any atom is -0.466 e. The largest absolute Gasteiger partial charge is 0.466 e. The van der Waals surface area contributed by atoms with E-state index in [1.807, 2.05) is 24.3 Å². The lowest BCUT2D eigenvalue weighted by atomic mass is 10.2. The number of hydrogen-bond donors (Lipinski definition) is 0. The van der Waals surface area contributed by atoms with Crippen molar-refractivity contribution >= 4 is 49.6 Å². The van der Waals surface area contributed by atoms with Crippen LogP contribution in [0, 0.1) is 6.92 Å². The number of aryl methyl sites for hydroxylation is 1. The van der Waals surface area contributed by atoms with Gasteiger partial charge < -0.3 is 9.47 Å². The lowest BCUT2D eigenvalue weighted by Crippen LogP contribution is -1.99. The summed E-state index contributed by atoms with van der Waals surface area (Å²) in [5.41, 5.74) is 3.37. The second kappa shape index (κ2) is 7.25. The molecule has 1 heterocycles. The maximum atomic E-state index is 5.45. The number of benzene rings is 2. The Morgan fingerprint density at radius 2 is 2.04 bits per heavy atom. The number of ether oxygens (including phenoxy) is 2. The van der Waals surface area contributed by atoms with Gasteiger partial charge in [-0.2, -0.15) is 0 Å². The van der Waals surface area contributed by atoms with Crippen LogP contribution in [0.1, 0.15) is 16.1 Å². The van der Waals surface area contributed by atoms with Gasteiger partial charge in [-0.05, 0) is 64.3 Å². The number of rotatable bonds is 5. The average molecular weight is 390 g/mol. The zero-order valence-corrected chi connectivity index (χ0v) is 15.3. The van der Waals surface area contributed by atoms with Gasteiger partial charge in [0.2, 0.25) is 0 Å². The first kappa shape index (κ1) is 16.2. The molecule has 3 rings (SSSR count). The van der Waals surface area contributed by atoms with E-state index in [1.165, 1.54) is 10.3 Å². The van der Waals surface area contributed by atoms with E-state index in [0.29, 0.717) is 0 Å². The highest BCUT2D eigenvalue weighted by Gasteiger charge is 2.03. The van der Waals surface area contributed by atoms with E-state index >= 15 is 0 Å². The number of thiazole rings is 1. The van der Waals surface area contributed by atoms with Crippen molar-refractivity contribution in [2.24, 2.45) is 0 Å². The molecule has 2 aromatic carbocycles. The molecule has 5 heteroatoms. The predicted octanol–water partition coefficient (Wildman–Crippen LogP) is 5.52. The standard InChI is InChI=1S/C18H16BrNO2S/c1-12-3-7-17-15(9-12)20-18(23-17)8-5-13-4-6-16(14(19)10-13)22-11-21-2/h3-10H,11H2,1-2H3/b8-5+. The third-order valence-corrected chi connectivity index (χ3v) is 4.89. The Morgan fingerprint density at radius 3 is 2.83 bits per heavy atom. The van der Waals surface area contributed by atoms with Crippen molar-refractivity contribution in [2.45, 2.75) is 6.92 Å². The van der Waals surface area contributed by atoms with E-state index in [0.717, 1.165) is 26.3 Å². The molecule has 23 heavy (non-hydrogen) atoms. The van der Waals surface area contributed by atoms with Gasteiger partial charge in [0.25, 0.3) is 0 Å². The van der Waals surface area contributed by atoms with Crippen molar-refractivity contribution in [2.75, 3.05) is 13.9 Å². The smallest absolute Gasteiger partial charge is 0.188 e. The monoisotopic (exact) mass is 389 g/mol. The van der Waals surface area contributed by atoms with E-state index in [9.17, 15) is 0 Å². The van der Waals surface area contributed by atoms with E-state index in [-0.39, 0.29) is 6.79 Å². The van der Waals surface area contributed by atoms with Crippen molar-refractivity contribution in [1.29, 1.82) is 0 Å². The highest BCUT2D eigenvalue weighted by atomic mass is 79.9. The Hall–Kier alpha value is -1.69. The molecule has 0 saturated carbocycles. The van der Waals surface area contributed by atoms with Crippen molar-refractivity contribution in [3.8, 4) is 5.75 Å². The van der Waals surface area contributed by atoms with Crippen molar-refractivity contribution in [3.05, 3.63) is 57.0 Å². The number of nitrogens with zero attached hydrogens (tertiary/aromatic N) is 1. The fraction of sp³-hybridized carbons (Fsp3) is 0.167. The van der Waals surface area contributed by atoms with E-state index < -0.39 is 0 Å². The van der Waals surface area contributed by atoms with E-state index in [2.05, 4.69) is 52.1 Å². The Bertz CT molecular complexity index is 857. The van der Waals surface area contributed by atoms with Gasteiger partial charge in [0.1, 0.15) is 10.8 Å². The third-order valence-electron chi connectivity index (χ3n) is 3.27. The molecule has 0 aliphatic heterocycles. The van der Waals surface area contributed by atoms with Crippen molar-refractivity contribution in [1.82, 2.24) is 4.98 Å². The van der Waals surface area contributed by atoms with Crippen LogP contribution in [0.2, 0.25) is 0 Å². The molecule has 0 N–H and O–H groups in total. The maximum Gasteiger partial charge on any atom is 0.188 e. The molecule has 0 radical (unpaired) electrons. The summed E-state index contributed by atoms with van der Waals surface area (Å²) < 4.78 is 12.5. The molecule has 3 aromatic rings. The Labute approximate surface area is 147 Å². The van der Waals surface area contributed by atoms with Crippen LogP contribution in [-0.4, -0.2) is 18.9 Å². The molecular weight excluding hydrogens is 374 g/mol. The summed E-state index contributed by atoms with van der Waals surface area (Å²) in [7, 11) is 1.60. The van der Waals surface area contributed by atoms with Gasteiger partial charge in [-0.3, -0.25) is 0 Å². The molecule has 0 saturated heterocycles. The quantitative estimate of drug-likeness (QED) is 0.538. The molecule has 0 aliphatic rings. The molecule has 3 nitrogen and oxygen atoms in total. The number of methoxy groups -OCH3 is 1. The van der Waals surface area contributed by atoms with Crippen LogP contribution in [0.25, 0.3) is 22.4 Å². The van der Waals surface area contributed by atoms with Crippen molar-refractivity contribution < 1.29 is 9.47 Å². The average Bonchev–Trinajstić information content (AvgIpc) is 2.94. The molecule has 0 aliphatic carbocycles. The Kier molecular flexibility index (Phi) is 5.10. The minimum atomic E-state index is 0.235. The molecule has 0 amide bonds. The van der Waals surface area contributed by atoms with Crippen molar-refractivity contribution in [3.63, 3.8) is 0 Å². The summed E-state index contributed by atoms with van der Waals surface area (Å²) in [5.74, 6) is 0.763. The molecule has 0 bridgehead atoms. The normalized spacial score (nSPS) is 11.4. The van der Waals surface area contributed by atoms with Crippen LogP contribution >= 0.6 is 27.3 Å². The number of halogens is 1. The number of aromatic nitrogens is 1. The first-order chi connectivity index (χ1) is 11.2. The summed E-state index contributed by atoms with van der Waals surface area (Å²) in [6.07, 6.45) is 4.09. The summed E-state index contributed by atoms with van der Waals surface area (Å²) in [6, 6.07) is 12.3. The Balaban J connectivity index is 1.79. The maximum absolute atomic E-state index is 5.45. The molecule has 118 valence electrons. The predicted molar refractivity (Wildman–Crippen MR) is 99.9 cm³/mol. The second-order valence-electron chi connectivity index (χ2n) is 5.10. The molecular formula is C18H16BrNO2S. The lowest BCUT2D eigenvalue weighted by Gasteiger charge is -2.07. The van der Waals surface area contributed by atoms with E-state index in [4.69, 9.17) is 9.47 Å².